The van der Waals surface area contributed by atoms with Gasteiger partial charge in [0.15, 0.2) is 0 Å². The third-order valence-electron chi connectivity index (χ3n) is 5.86. The van der Waals surface area contributed by atoms with E-state index in [1.54, 1.807) is 0 Å². The highest BCUT2D eigenvalue weighted by Gasteiger charge is 2.34. The number of aliphatic hydroxyl groups excluding tert-OH is 1. The van der Waals surface area contributed by atoms with Gasteiger partial charge in [-0.05, 0) is 43.4 Å². The molecule has 0 radical (unpaired) electrons. The van der Waals surface area contributed by atoms with Crippen molar-refractivity contribution in [2.24, 2.45) is 17.3 Å². The minimum absolute atomic E-state index is 0.0245. The molecule has 0 aromatic rings. The second-order valence-electron chi connectivity index (χ2n) is 7.67. The van der Waals surface area contributed by atoms with Crippen molar-refractivity contribution in [2.75, 3.05) is 32.8 Å². The van der Waals surface area contributed by atoms with Gasteiger partial charge in [0.1, 0.15) is 0 Å². The number of ether oxygens (including phenoxy) is 1. The molecule has 0 aliphatic carbocycles. The summed E-state index contributed by atoms with van der Waals surface area (Å²) in [6, 6.07) is 0.0423. The standard InChI is InChI=1S/C18H34N2O3/c1-4-18(13-21)7-9-20(10-8-18)17(22)19-12-15-6-5-11-23-16(15)14(2)3/h14-16,21H,4-13H2,1-3H3,(H,19,22). The first-order valence-corrected chi connectivity index (χ1v) is 9.26. The van der Waals surface area contributed by atoms with Gasteiger partial charge in [0.05, 0.1) is 6.10 Å². The summed E-state index contributed by atoms with van der Waals surface area (Å²) in [5.74, 6) is 0.909. The van der Waals surface area contributed by atoms with Gasteiger partial charge in [-0.25, -0.2) is 4.79 Å². The van der Waals surface area contributed by atoms with Gasteiger partial charge in [-0.3, -0.25) is 0 Å². The predicted molar refractivity (Wildman–Crippen MR) is 91.3 cm³/mol. The Morgan fingerprint density at radius 1 is 1.39 bits per heavy atom. The highest BCUT2D eigenvalue weighted by atomic mass is 16.5. The number of rotatable bonds is 5. The van der Waals surface area contributed by atoms with Crippen molar-refractivity contribution in [3.63, 3.8) is 0 Å². The van der Waals surface area contributed by atoms with Gasteiger partial charge < -0.3 is 20.1 Å². The van der Waals surface area contributed by atoms with Gasteiger partial charge in [-0.2, -0.15) is 0 Å². The van der Waals surface area contributed by atoms with Crippen molar-refractivity contribution in [2.45, 2.75) is 59.0 Å². The van der Waals surface area contributed by atoms with Crippen LogP contribution < -0.4 is 5.32 Å². The lowest BCUT2D eigenvalue weighted by molar-refractivity contribution is -0.0511. The Morgan fingerprint density at radius 2 is 2.09 bits per heavy atom. The summed E-state index contributed by atoms with van der Waals surface area (Å²) in [6.07, 6.45) is 5.25. The summed E-state index contributed by atoms with van der Waals surface area (Å²) in [7, 11) is 0. The second kappa shape index (κ2) is 8.34. The van der Waals surface area contributed by atoms with Crippen molar-refractivity contribution in [1.82, 2.24) is 10.2 Å². The molecule has 134 valence electrons. The van der Waals surface area contributed by atoms with E-state index in [9.17, 15) is 9.90 Å². The van der Waals surface area contributed by atoms with Crippen molar-refractivity contribution < 1.29 is 14.6 Å². The molecule has 5 nitrogen and oxygen atoms in total. The zero-order valence-electron chi connectivity index (χ0n) is 15.0. The lowest BCUT2D eigenvalue weighted by atomic mass is 9.77. The highest BCUT2D eigenvalue weighted by Crippen LogP contribution is 2.34. The minimum Gasteiger partial charge on any atom is -0.396 e. The van der Waals surface area contributed by atoms with E-state index >= 15 is 0 Å². The Hall–Kier alpha value is -0.810. The van der Waals surface area contributed by atoms with Crippen LogP contribution in [0.1, 0.15) is 52.9 Å². The molecule has 2 atom stereocenters. The van der Waals surface area contributed by atoms with Gasteiger partial charge in [-0.15, -0.1) is 0 Å². The largest absolute Gasteiger partial charge is 0.396 e. The van der Waals surface area contributed by atoms with Crippen molar-refractivity contribution in [1.29, 1.82) is 0 Å². The monoisotopic (exact) mass is 326 g/mol. The Kier molecular flexibility index (Phi) is 6.72. The molecular weight excluding hydrogens is 292 g/mol. The van der Waals surface area contributed by atoms with Crippen LogP contribution in [0, 0.1) is 17.3 Å². The molecule has 2 aliphatic heterocycles. The molecule has 2 rings (SSSR count). The zero-order chi connectivity index (χ0) is 16.9. The molecule has 0 aromatic heterocycles. The van der Waals surface area contributed by atoms with Crippen molar-refractivity contribution in [3.8, 4) is 0 Å². The number of amides is 2. The molecule has 2 aliphatic rings. The Bertz CT molecular complexity index is 372. The van der Waals surface area contributed by atoms with Gasteiger partial charge in [0.25, 0.3) is 0 Å². The maximum Gasteiger partial charge on any atom is 0.317 e. The molecule has 0 saturated carbocycles. The molecule has 2 amide bonds. The molecule has 2 heterocycles. The summed E-state index contributed by atoms with van der Waals surface area (Å²) in [5.41, 5.74) is 0.0245. The first-order chi connectivity index (χ1) is 11.0. The van der Waals surface area contributed by atoms with Crippen molar-refractivity contribution >= 4 is 6.03 Å². The number of nitrogens with one attached hydrogen (secondary N) is 1. The predicted octanol–water partition coefficient (Wildman–Crippen LogP) is 2.63. The zero-order valence-corrected chi connectivity index (χ0v) is 15.0. The first-order valence-electron chi connectivity index (χ1n) is 9.26. The number of piperidine rings is 1. The molecule has 2 N–H and O–H groups in total. The van der Waals surface area contributed by atoms with E-state index in [0.29, 0.717) is 18.4 Å². The number of nitrogens with zero attached hydrogens (tertiary/aromatic N) is 1. The fourth-order valence-corrected chi connectivity index (χ4v) is 3.96. The molecule has 2 fully saturated rings. The van der Waals surface area contributed by atoms with Crippen LogP contribution in [0.25, 0.3) is 0 Å². The SMILES string of the molecule is CCC1(CO)CCN(C(=O)NCC2CCCOC2C(C)C)CC1. The van der Waals surface area contributed by atoms with Crippen LogP contribution in [0.2, 0.25) is 0 Å². The van der Waals surface area contributed by atoms with Crippen LogP contribution in [0.5, 0.6) is 0 Å². The minimum atomic E-state index is 0.0245. The Morgan fingerprint density at radius 3 is 2.65 bits per heavy atom. The Labute approximate surface area is 140 Å². The third kappa shape index (κ3) is 4.60. The summed E-state index contributed by atoms with van der Waals surface area (Å²) >= 11 is 0. The molecule has 0 bridgehead atoms. The molecule has 5 heteroatoms. The summed E-state index contributed by atoms with van der Waals surface area (Å²) < 4.78 is 5.89. The second-order valence-corrected chi connectivity index (χ2v) is 7.67. The van der Waals surface area contributed by atoms with Crippen LogP contribution in [0.3, 0.4) is 0 Å². The number of carbonyl (C=O) groups excluding carboxylic acids is 1. The lowest BCUT2D eigenvalue weighted by Crippen LogP contribution is -2.50. The lowest BCUT2D eigenvalue weighted by Gasteiger charge is -2.40. The number of hydrogen-bond acceptors (Lipinski definition) is 3. The molecule has 2 unspecified atom stereocenters. The van der Waals surface area contributed by atoms with Crippen LogP contribution in [0.15, 0.2) is 0 Å². The number of hydrogen-bond donors (Lipinski definition) is 2. The van der Waals surface area contributed by atoms with Crippen molar-refractivity contribution in [3.05, 3.63) is 0 Å². The normalized spacial score (nSPS) is 28.0. The molecule has 0 aromatic carbocycles. The van der Waals surface area contributed by atoms with E-state index in [4.69, 9.17) is 4.74 Å². The third-order valence-corrected chi connectivity index (χ3v) is 5.86. The molecule has 0 spiro atoms. The van der Waals surface area contributed by atoms with Gasteiger partial charge in [0.2, 0.25) is 0 Å². The van der Waals surface area contributed by atoms with E-state index in [0.717, 1.165) is 51.8 Å². The summed E-state index contributed by atoms with van der Waals surface area (Å²) in [4.78, 5) is 14.3. The Balaban J connectivity index is 1.79. The average molecular weight is 326 g/mol. The van der Waals surface area contributed by atoms with E-state index in [-0.39, 0.29) is 24.2 Å². The number of likely N-dealkylation sites (tertiary alicyclic amines) is 1. The van der Waals surface area contributed by atoms with Crippen LogP contribution in [0.4, 0.5) is 4.79 Å². The molecule has 23 heavy (non-hydrogen) atoms. The fraction of sp³-hybridized carbons (Fsp3) is 0.944. The fourth-order valence-electron chi connectivity index (χ4n) is 3.96. The first kappa shape index (κ1) is 18.5. The van der Waals surface area contributed by atoms with Gasteiger partial charge >= 0.3 is 6.03 Å². The number of aliphatic hydroxyl groups is 1. The van der Waals surface area contributed by atoms with Crippen LogP contribution >= 0.6 is 0 Å². The number of urea groups is 1. The quantitative estimate of drug-likeness (QED) is 0.816. The number of carbonyl (C=O) groups is 1. The van der Waals surface area contributed by atoms with E-state index in [1.807, 2.05) is 4.90 Å². The molecule has 2 saturated heterocycles. The van der Waals surface area contributed by atoms with E-state index < -0.39 is 0 Å². The van der Waals surface area contributed by atoms with E-state index in [1.165, 1.54) is 0 Å². The summed E-state index contributed by atoms with van der Waals surface area (Å²) in [6.45, 7) is 9.78. The van der Waals surface area contributed by atoms with E-state index in [2.05, 4.69) is 26.1 Å². The maximum atomic E-state index is 12.4. The van der Waals surface area contributed by atoms with Gasteiger partial charge in [-0.1, -0.05) is 20.8 Å². The van der Waals surface area contributed by atoms with Crippen LogP contribution in [-0.4, -0.2) is 55.0 Å². The molecular formula is C18H34N2O3. The highest BCUT2D eigenvalue weighted by molar-refractivity contribution is 5.74. The average Bonchev–Trinajstić information content (AvgIpc) is 2.60. The topological polar surface area (TPSA) is 61.8 Å². The smallest absolute Gasteiger partial charge is 0.317 e. The maximum absolute atomic E-state index is 12.4. The van der Waals surface area contributed by atoms with Gasteiger partial charge in [0, 0.05) is 38.8 Å². The summed E-state index contributed by atoms with van der Waals surface area (Å²) in [5, 5.41) is 12.7. The van der Waals surface area contributed by atoms with Crippen LogP contribution in [-0.2, 0) is 4.74 Å².